The van der Waals surface area contributed by atoms with E-state index in [1.54, 1.807) is 19.2 Å². The number of rotatable bonds is 8. The first kappa shape index (κ1) is 18.5. The van der Waals surface area contributed by atoms with Crippen LogP contribution in [-0.4, -0.2) is 75.8 Å². The molecule has 0 unspecified atom stereocenters. The molecule has 0 aliphatic carbocycles. The normalized spacial score (nSPS) is 16.8. The fourth-order valence-corrected chi connectivity index (χ4v) is 3.33. The first-order valence-electron chi connectivity index (χ1n) is 9.06. The Morgan fingerprint density at radius 3 is 2.81 bits per heavy atom. The molecule has 1 atom stereocenters. The van der Waals surface area contributed by atoms with Gasteiger partial charge < -0.3 is 14.1 Å². The number of amides is 1. The van der Waals surface area contributed by atoms with E-state index in [0.717, 1.165) is 31.8 Å². The number of tetrazole rings is 1. The molecule has 1 aliphatic rings. The van der Waals surface area contributed by atoms with Crippen LogP contribution < -0.4 is 0 Å². The number of nitrogens with zero attached hydrogens (tertiary/aromatic N) is 6. The van der Waals surface area contributed by atoms with Crippen molar-refractivity contribution < 1.29 is 13.9 Å². The maximum atomic E-state index is 12.4. The molecule has 3 heterocycles. The lowest BCUT2D eigenvalue weighted by Crippen LogP contribution is -2.50. The monoisotopic (exact) mass is 362 g/mol. The molecule has 142 valence electrons. The van der Waals surface area contributed by atoms with Crippen molar-refractivity contribution in [1.29, 1.82) is 0 Å². The number of methoxy groups -OCH3 is 1. The Morgan fingerprint density at radius 2 is 2.15 bits per heavy atom. The second kappa shape index (κ2) is 8.91. The Bertz CT molecular complexity index is 678. The zero-order valence-corrected chi connectivity index (χ0v) is 15.4. The van der Waals surface area contributed by atoms with Gasteiger partial charge in [-0.25, -0.2) is 4.68 Å². The van der Waals surface area contributed by atoms with Crippen molar-refractivity contribution in [3.05, 3.63) is 30.0 Å². The predicted octanol–water partition coefficient (Wildman–Crippen LogP) is 1.21. The number of furan rings is 1. The zero-order chi connectivity index (χ0) is 18.4. The van der Waals surface area contributed by atoms with Gasteiger partial charge in [-0.1, -0.05) is 13.3 Å². The van der Waals surface area contributed by atoms with Crippen LogP contribution in [0.25, 0.3) is 0 Å². The van der Waals surface area contributed by atoms with E-state index < -0.39 is 0 Å². The zero-order valence-electron chi connectivity index (χ0n) is 15.4. The fraction of sp³-hybridized carbons (Fsp3) is 0.647. The van der Waals surface area contributed by atoms with Gasteiger partial charge in [0.1, 0.15) is 0 Å². The van der Waals surface area contributed by atoms with E-state index in [1.165, 1.54) is 6.26 Å². The molecule has 0 bridgehead atoms. The van der Waals surface area contributed by atoms with Crippen LogP contribution in [0.15, 0.2) is 22.8 Å². The maximum Gasteiger partial charge on any atom is 0.289 e. The average Bonchev–Trinajstić information content (AvgIpc) is 3.36. The molecular formula is C17H26N6O3. The second-order valence-electron chi connectivity index (χ2n) is 6.36. The van der Waals surface area contributed by atoms with Crippen molar-refractivity contribution in [2.45, 2.75) is 32.4 Å². The third-order valence-corrected chi connectivity index (χ3v) is 4.70. The van der Waals surface area contributed by atoms with Crippen LogP contribution in [0.4, 0.5) is 0 Å². The molecule has 1 fully saturated rings. The summed E-state index contributed by atoms with van der Waals surface area (Å²) in [7, 11) is 1.67. The van der Waals surface area contributed by atoms with Crippen molar-refractivity contribution >= 4 is 5.91 Å². The van der Waals surface area contributed by atoms with Gasteiger partial charge in [0.15, 0.2) is 11.6 Å². The van der Waals surface area contributed by atoms with Crippen LogP contribution in [0.2, 0.25) is 0 Å². The highest BCUT2D eigenvalue weighted by atomic mass is 16.5. The van der Waals surface area contributed by atoms with Crippen LogP contribution in [0.1, 0.15) is 42.2 Å². The van der Waals surface area contributed by atoms with Crippen LogP contribution in [0.3, 0.4) is 0 Å². The van der Waals surface area contributed by atoms with Crippen molar-refractivity contribution in [3.8, 4) is 0 Å². The first-order chi connectivity index (χ1) is 12.7. The molecule has 0 saturated carbocycles. The first-order valence-corrected chi connectivity index (χ1v) is 9.06. The molecular weight excluding hydrogens is 336 g/mol. The van der Waals surface area contributed by atoms with Gasteiger partial charge in [-0.3, -0.25) is 9.69 Å². The van der Waals surface area contributed by atoms with E-state index in [9.17, 15) is 4.79 Å². The number of hydrogen-bond donors (Lipinski definition) is 0. The second-order valence-corrected chi connectivity index (χ2v) is 6.36. The number of aromatic nitrogens is 4. The Balaban J connectivity index is 1.65. The van der Waals surface area contributed by atoms with E-state index in [-0.39, 0.29) is 11.9 Å². The molecule has 0 N–H and O–H groups in total. The van der Waals surface area contributed by atoms with E-state index >= 15 is 0 Å². The van der Waals surface area contributed by atoms with Gasteiger partial charge in [-0.05, 0) is 29.0 Å². The molecule has 1 amide bonds. The summed E-state index contributed by atoms with van der Waals surface area (Å²) in [5.74, 6) is 1.22. The topological polar surface area (TPSA) is 89.5 Å². The predicted molar refractivity (Wildman–Crippen MR) is 93.5 cm³/mol. The maximum absolute atomic E-state index is 12.4. The highest BCUT2D eigenvalue weighted by molar-refractivity contribution is 5.91. The summed E-state index contributed by atoms with van der Waals surface area (Å²) < 4.78 is 12.2. The molecule has 1 saturated heterocycles. The summed E-state index contributed by atoms with van der Waals surface area (Å²) in [6.07, 6.45) is 3.54. The van der Waals surface area contributed by atoms with Crippen LogP contribution in [-0.2, 0) is 11.3 Å². The Hall–Kier alpha value is -2.26. The Morgan fingerprint density at radius 1 is 1.35 bits per heavy atom. The molecule has 0 spiro atoms. The minimum absolute atomic E-state index is 0.0494. The summed E-state index contributed by atoms with van der Waals surface area (Å²) in [5, 5.41) is 12.2. The van der Waals surface area contributed by atoms with Crippen molar-refractivity contribution in [3.63, 3.8) is 0 Å². The van der Waals surface area contributed by atoms with Crippen molar-refractivity contribution in [2.24, 2.45) is 0 Å². The van der Waals surface area contributed by atoms with Crippen molar-refractivity contribution in [1.82, 2.24) is 30.0 Å². The Labute approximate surface area is 152 Å². The molecule has 26 heavy (non-hydrogen) atoms. The summed E-state index contributed by atoms with van der Waals surface area (Å²) >= 11 is 0. The molecule has 9 nitrogen and oxygen atoms in total. The van der Waals surface area contributed by atoms with Gasteiger partial charge in [0.25, 0.3) is 5.91 Å². The lowest BCUT2D eigenvalue weighted by Gasteiger charge is -2.38. The van der Waals surface area contributed by atoms with Gasteiger partial charge in [0.2, 0.25) is 0 Å². The van der Waals surface area contributed by atoms with Gasteiger partial charge in [0, 0.05) is 33.3 Å². The van der Waals surface area contributed by atoms with Crippen LogP contribution >= 0.6 is 0 Å². The molecule has 2 aromatic rings. The largest absolute Gasteiger partial charge is 0.459 e. The van der Waals surface area contributed by atoms with E-state index in [1.807, 2.05) is 9.58 Å². The number of carbonyl (C=O) groups excluding carboxylic acids is 1. The van der Waals surface area contributed by atoms with Gasteiger partial charge in [0.05, 0.1) is 25.5 Å². The van der Waals surface area contributed by atoms with Gasteiger partial charge in [-0.15, -0.1) is 5.10 Å². The summed E-state index contributed by atoms with van der Waals surface area (Å²) in [6, 6.07) is 3.59. The minimum atomic E-state index is -0.0494. The third-order valence-electron chi connectivity index (χ3n) is 4.70. The standard InChI is InChI=1S/C17H26N6O3/c1-3-5-14(16-18-19-20-23(16)11-13-25-2)21-7-9-22(10-8-21)17(24)15-6-4-12-26-15/h4,6,12,14H,3,5,7-11,13H2,1-2H3/t14-/m1/s1. The summed E-state index contributed by atoms with van der Waals surface area (Å²) in [4.78, 5) is 16.6. The smallest absolute Gasteiger partial charge is 0.289 e. The molecule has 3 rings (SSSR count). The fourth-order valence-electron chi connectivity index (χ4n) is 3.33. The quantitative estimate of drug-likeness (QED) is 0.697. The van der Waals surface area contributed by atoms with E-state index in [2.05, 4.69) is 27.3 Å². The Kier molecular flexibility index (Phi) is 6.35. The number of piperazine rings is 1. The highest BCUT2D eigenvalue weighted by Gasteiger charge is 2.30. The van der Waals surface area contributed by atoms with E-state index in [4.69, 9.17) is 9.15 Å². The number of ether oxygens (including phenoxy) is 1. The molecule has 9 heteroatoms. The average molecular weight is 362 g/mol. The van der Waals surface area contributed by atoms with Gasteiger partial charge in [-0.2, -0.15) is 0 Å². The number of hydrogen-bond acceptors (Lipinski definition) is 7. The van der Waals surface area contributed by atoms with Gasteiger partial charge >= 0.3 is 0 Å². The molecule has 1 aliphatic heterocycles. The molecule has 2 aromatic heterocycles. The SMILES string of the molecule is CCC[C@H](c1nnnn1CCOC)N1CCN(C(=O)c2ccco2)CC1. The summed E-state index contributed by atoms with van der Waals surface area (Å²) in [5.41, 5.74) is 0. The lowest BCUT2D eigenvalue weighted by atomic mass is 10.1. The van der Waals surface area contributed by atoms with Crippen LogP contribution in [0, 0.1) is 0 Å². The van der Waals surface area contributed by atoms with Crippen molar-refractivity contribution in [2.75, 3.05) is 39.9 Å². The highest BCUT2D eigenvalue weighted by Crippen LogP contribution is 2.25. The summed E-state index contributed by atoms with van der Waals surface area (Å²) in [6.45, 7) is 6.27. The number of carbonyl (C=O) groups is 1. The van der Waals surface area contributed by atoms with E-state index in [0.29, 0.717) is 32.0 Å². The lowest BCUT2D eigenvalue weighted by molar-refractivity contribution is 0.0512. The minimum Gasteiger partial charge on any atom is -0.459 e. The molecule has 0 radical (unpaired) electrons. The van der Waals surface area contributed by atoms with Crippen LogP contribution in [0.5, 0.6) is 0 Å². The molecule has 0 aromatic carbocycles. The third kappa shape index (κ3) is 4.10.